The molecule has 0 aliphatic heterocycles. The molecular formula is C23H14F6N2O3. The highest BCUT2D eigenvalue weighted by atomic mass is 19.4. The highest BCUT2D eigenvalue weighted by Crippen LogP contribution is 2.42. The van der Waals surface area contributed by atoms with E-state index in [2.05, 4.69) is 9.97 Å². The third-order valence-electron chi connectivity index (χ3n) is 4.95. The zero-order valence-electron chi connectivity index (χ0n) is 17.5. The van der Waals surface area contributed by atoms with Crippen LogP contribution in [0.2, 0.25) is 0 Å². The molecule has 0 atom stereocenters. The summed E-state index contributed by atoms with van der Waals surface area (Å²) in [5.41, 5.74) is -1.70. The lowest BCUT2D eigenvalue weighted by atomic mass is 10.0. The Morgan fingerprint density at radius 1 is 0.971 bits per heavy atom. The monoisotopic (exact) mass is 480 g/mol. The molecule has 2 heterocycles. The van der Waals surface area contributed by atoms with Crippen molar-refractivity contribution in [3.63, 3.8) is 0 Å². The van der Waals surface area contributed by atoms with Crippen molar-refractivity contribution in [2.75, 3.05) is 7.11 Å². The number of benzene rings is 2. The molecule has 0 radical (unpaired) electrons. The summed E-state index contributed by atoms with van der Waals surface area (Å²) >= 11 is 0. The Morgan fingerprint density at radius 2 is 1.71 bits per heavy atom. The first kappa shape index (κ1) is 23.1. The topological polar surface area (TPSA) is 64.2 Å². The standard InChI is InChI=1S/C23H14F6N2O3/c1-10-5-16-12(9-30-10)18(32)8-17(31-16)11-6-15(25)13(23(27,28)29)7-20(11)34-19-4-3-14(24)21(26)22(19)33-2/h3-9H,1-2H3,(H,31,32). The van der Waals surface area contributed by atoms with E-state index in [0.717, 1.165) is 19.2 Å². The van der Waals surface area contributed by atoms with Crippen LogP contribution in [0.1, 0.15) is 11.3 Å². The maximum absolute atomic E-state index is 14.5. The second kappa shape index (κ2) is 8.40. The summed E-state index contributed by atoms with van der Waals surface area (Å²) in [7, 11) is 1.01. The molecule has 0 bridgehead atoms. The molecule has 11 heteroatoms. The highest BCUT2D eigenvalue weighted by molar-refractivity contribution is 5.82. The van der Waals surface area contributed by atoms with Gasteiger partial charge in [0.25, 0.3) is 0 Å². The molecule has 4 aromatic rings. The van der Waals surface area contributed by atoms with Gasteiger partial charge in [-0.1, -0.05) is 0 Å². The van der Waals surface area contributed by atoms with Gasteiger partial charge in [0.15, 0.2) is 17.0 Å². The Kier molecular flexibility index (Phi) is 5.72. The highest BCUT2D eigenvalue weighted by Gasteiger charge is 2.36. The maximum Gasteiger partial charge on any atom is 0.419 e. The molecule has 0 saturated heterocycles. The van der Waals surface area contributed by atoms with Gasteiger partial charge in [-0.2, -0.15) is 17.6 Å². The van der Waals surface area contributed by atoms with Crippen LogP contribution in [0, 0.1) is 24.4 Å². The van der Waals surface area contributed by atoms with Crippen molar-refractivity contribution >= 4 is 10.9 Å². The molecule has 0 saturated carbocycles. The Hall–Kier alpha value is -4.02. The van der Waals surface area contributed by atoms with Gasteiger partial charge in [-0.05, 0) is 37.3 Å². The minimum atomic E-state index is -5.08. The van der Waals surface area contributed by atoms with Crippen molar-refractivity contribution < 1.29 is 35.8 Å². The van der Waals surface area contributed by atoms with E-state index in [9.17, 15) is 31.1 Å². The average molecular weight is 480 g/mol. The fourth-order valence-corrected chi connectivity index (χ4v) is 3.36. The molecule has 1 N–H and O–H groups in total. The van der Waals surface area contributed by atoms with Gasteiger partial charge in [0.1, 0.15) is 11.6 Å². The molecule has 0 spiro atoms. The molecule has 2 aromatic carbocycles. The van der Waals surface area contributed by atoms with Crippen LogP contribution in [0.4, 0.5) is 26.3 Å². The van der Waals surface area contributed by atoms with Gasteiger partial charge in [-0.15, -0.1) is 0 Å². The number of hydrogen-bond donors (Lipinski definition) is 1. The Morgan fingerprint density at radius 3 is 2.38 bits per heavy atom. The molecule has 0 aliphatic rings. The minimum absolute atomic E-state index is 0.0766. The van der Waals surface area contributed by atoms with Gasteiger partial charge < -0.3 is 14.5 Å². The number of methoxy groups -OCH3 is 1. The first-order valence-corrected chi connectivity index (χ1v) is 9.60. The van der Waals surface area contributed by atoms with Gasteiger partial charge in [-0.25, -0.2) is 8.78 Å². The van der Waals surface area contributed by atoms with Crippen LogP contribution in [0.3, 0.4) is 0 Å². The van der Waals surface area contributed by atoms with Crippen LogP contribution < -0.4 is 14.9 Å². The number of alkyl halides is 3. The van der Waals surface area contributed by atoms with Gasteiger partial charge in [-0.3, -0.25) is 9.78 Å². The van der Waals surface area contributed by atoms with Crippen LogP contribution in [-0.4, -0.2) is 17.1 Å². The van der Waals surface area contributed by atoms with E-state index >= 15 is 0 Å². The number of nitrogens with one attached hydrogen (secondary N) is 1. The van der Waals surface area contributed by atoms with Crippen LogP contribution >= 0.6 is 0 Å². The van der Waals surface area contributed by atoms with E-state index in [1.165, 1.54) is 12.3 Å². The Labute approximate surface area is 187 Å². The quantitative estimate of drug-likeness (QED) is 0.357. The maximum atomic E-state index is 14.5. The van der Waals surface area contributed by atoms with Crippen molar-refractivity contribution in [1.82, 2.24) is 9.97 Å². The van der Waals surface area contributed by atoms with Crippen LogP contribution in [0.25, 0.3) is 22.2 Å². The molecule has 5 nitrogen and oxygen atoms in total. The summed E-state index contributed by atoms with van der Waals surface area (Å²) in [6.07, 6.45) is -3.76. The number of aryl methyl sites for hydroxylation is 1. The summed E-state index contributed by atoms with van der Waals surface area (Å²) < 4.78 is 92.6. The number of fused-ring (bicyclic) bond motifs is 1. The third kappa shape index (κ3) is 4.16. The number of ether oxygens (including phenoxy) is 2. The van der Waals surface area contributed by atoms with Crippen molar-refractivity contribution in [1.29, 1.82) is 0 Å². The van der Waals surface area contributed by atoms with Crippen molar-refractivity contribution in [2.45, 2.75) is 13.1 Å². The second-order valence-electron chi connectivity index (χ2n) is 7.24. The largest absolute Gasteiger partial charge is 0.490 e. The number of aromatic amines is 1. The fourth-order valence-electron chi connectivity index (χ4n) is 3.36. The van der Waals surface area contributed by atoms with Gasteiger partial charge >= 0.3 is 6.18 Å². The number of pyridine rings is 2. The van der Waals surface area contributed by atoms with E-state index in [1.54, 1.807) is 6.92 Å². The molecule has 34 heavy (non-hydrogen) atoms. The van der Waals surface area contributed by atoms with Crippen LogP contribution in [0.15, 0.2) is 47.4 Å². The predicted molar refractivity (Wildman–Crippen MR) is 110 cm³/mol. The fraction of sp³-hybridized carbons (Fsp3) is 0.130. The molecule has 176 valence electrons. The summed E-state index contributed by atoms with van der Waals surface area (Å²) in [5, 5.41) is 0.200. The normalized spacial score (nSPS) is 11.6. The lowest BCUT2D eigenvalue weighted by Crippen LogP contribution is -2.10. The van der Waals surface area contributed by atoms with E-state index in [1.807, 2.05) is 0 Å². The molecule has 0 fully saturated rings. The lowest BCUT2D eigenvalue weighted by Gasteiger charge is -2.17. The first-order chi connectivity index (χ1) is 16.0. The number of nitrogens with zero attached hydrogens (tertiary/aromatic N) is 1. The zero-order valence-corrected chi connectivity index (χ0v) is 17.5. The van der Waals surface area contributed by atoms with E-state index in [4.69, 9.17) is 9.47 Å². The summed E-state index contributed by atoms with van der Waals surface area (Å²) in [6.45, 7) is 1.66. The smallest absolute Gasteiger partial charge is 0.419 e. The number of H-pyrrole nitrogens is 1. The van der Waals surface area contributed by atoms with Crippen LogP contribution in [-0.2, 0) is 6.18 Å². The molecule has 2 aromatic heterocycles. The number of aromatic nitrogens is 2. The van der Waals surface area contributed by atoms with Crippen molar-refractivity contribution in [3.05, 3.63) is 81.5 Å². The summed E-state index contributed by atoms with van der Waals surface area (Å²) in [6, 6.07) is 5.10. The Bertz CT molecular complexity index is 1480. The molecule has 0 aliphatic carbocycles. The lowest BCUT2D eigenvalue weighted by molar-refractivity contribution is -0.140. The zero-order chi connectivity index (χ0) is 24.8. The molecule has 0 amide bonds. The predicted octanol–water partition coefficient (Wildman–Crippen LogP) is 6.14. The van der Waals surface area contributed by atoms with Gasteiger partial charge in [0.2, 0.25) is 11.6 Å². The van der Waals surface area contributed by atoms with E-state index in [0.29, 0.717) is 29.4 Å². The van der Waals surface area contributed by atoms with E-state index in [-0.39, 0.29) is 16.6 Å². The SMILES string of the molecule is COc1c(Oc2cc(C(F)(F)F)c(F)cc2-c2cc(=O)c3cnc(C)cc3[nH]2)ccc(F)c1F. The molecular weight excluding hydrogens is 466 g/mol. The van der Waals surface area contributed by atoms with Crippen molar-refractivity contribution in [3.8, 4) is 28.5 Å². The van der Waals surface area contributed by atoms with Crippen LogP contribution in [0.5, 0.6) is 17.2 Å². The van der Waals surface area contributed by atoms with Crippen molar-refractivity contribution in [2.24, 2.45) is 0 Å². The summed E-state index contributed by atoms with van der Waals surface area (Å²) in [4.78, 5) is 19.4. The average Bonchev–Trinajstić information content (AvgIpc) is 2.76. The number of halogens is 6. The number of hydrogen-bond acceptors (Lipinski definition) is 4. The Balaban J connectivity index is 1.97. The molecule has 4 rings (SSSR count). The number of rotatable bonds is 4. The minimum Gasteiger partial charge on any atom is -0.490 e. The van der Waals surface area contributed by atoms with Gasteiger partial charge in [0.05, 0.1) is 29.3 Å². The second-order valence-corrected chi connectivity index (χ2v) is 7.24. The van der Waals surface area contributed by atoms with E-state index < -0.39 is 51.9 Å². The first-order valence-electron chi connectivity index (χ1n) is 9.60. The third-order valence-corrected chi connectivity index (χ3v) is 4.95. The molecule has 0 unspecified atom stereocenters. The van der Waals surface area contributed by atoms with Gasteiger partial charge in [0, 0.05) is 23.5 Å². The summed E-state index contributed by atoms with van der Waals surface area (Å²) in [5.74, 6) is -6.09.